The van der Waals surface area contributed by atoms with E-state index in [1.807, 2.05) is 13.0 Å². The summed E-state index contributed by atoms with van der Waals surface area (Å²) >= 11 is 0. The van der Waals surface area contributed by atoms with Crippen LogP contribution >= 0.6 is 0 Å². The third kappa shape index (κ3) is 1.80. The molecule has 21 heavy (non-hydrogen) atoms. The molecule has 0 radical (unpaired) electrons. The molecule has 1 atom stereocenters. The molecule has 4 nitrogen and oxygen atoms in total. The van der Waals surface area contributed by atoms with Crippen molar-refractivity contribution in [3.05, 3.63) is 65.2 Å². The van der Waals surface area contributed by atoms with Crippen LogP contribution in [0.5, 0.6) is 0 Å². The van der Waals surface area contributed by atoms with Crippen LogP contribution < -0.4 is 4.90 Å². The lowest BCUT2D eigenvalue weighted by molar-refractivity contribution is -0.120. The molecule has 1 unspecified atom stereocenters. The Kier molecular flexibility index (Phi) is 2.92. The van der Waals surface area contributed by atoms with E-state index in [0.717, 1.165) is 5.56 Å². The highest BCUT2D eigenvalue weighted by Gasteiger charge is 2.53. The molecule has 1 amide bonds. The molecule has 1 aliphatic heterocycles. The van der Waals surface area contributed by atoms with Crippen LogP contribution in [0.15, 0.2) is 48.5 Å². The van der Waals surface area contributed by atoms with Crippen molar-refractivity contribution < 1.29 is 14.7 Å². The van der Waals surface area contributed by atoms with Gasteiger partial charge in [-0.15, -0.1) is 0 Å². The number of fused-ring (bicyclic) bond motifs is 1. The van der Waals surface area contributed by atoms with Crippen LogP contribution in [-0.4, -0.2) is 16.8 Å². The zero-order valence-electron chi connectivity index (χ0n) is 11.8. The van der Waals surface area contributed by atoms with Crippen LogP contribution in [0, 0.1) is 6.92 Å². The van der Waals surface area contributed by atoms with E-state index in [9.17, 15) is 14.7 Å². The van der Waals surface area contributed by atoms with Crippen molar-refractivity contribution in [1.82, 2.24) is 0 Å². The van der Waals surface area contributed by atoms with E-state index in [4.69, 9.17) is 0 Å². The van der Waals surface area contributed by atoms with E-state index in [2.05, 4.69) is 0 Å². The summed E-state index contributed by atoms with van der Waals surface area (Å²) in [6.07, 6.45) is 0. The molecule has 0 bridgehead atoms. The number of hydrogen-bond donors (Lipinski definition) is 1. The van der Waals surface area contributed by atoms with E-state index >= 15 is 0 Å². The molecule has 0 spiro atoms. The molecular weight excluding hydrogens is 266 g/mol. The molecule has 1 N–H and O–H groups in total. The van der Waals surface area contributed by atoms with Gasteiger partial charge in [0.2, 0.25) is 17.4 Å². The Morgan fingerprint density at radius 2 is 1.86 bits per heavy atom. The third-order valence-corrected chi connectivity index (χ3v) is 3.77. The average Bonchev–Trinajstić information content (AvgIpc) is 2.69. The number of carbonyl (C=O) groups is 2. The SMILES string of the molecule is CC(=O)N1c2ccccc2C(=O)C1(O)c1cccc(C)c1. The van der Waals surface area contributed by atoms with Gasteiger partial charge in [0.1, 0.15) is 0 Å². The summed E-state index contributed by atoms with van der Waals surface area (Å²) in [6.45, 7) is 3.22. The first-order chi connectivity index (χ1) is 9.96. The van der Waals surface area contributed by atoms with Crippen LogP contribution in [0.2, 0.25) is 0 Å². The minimum Gasteiger partial charge on any atom is -0.360 e. The van der Waals surface area contributed by atoms with Crippen LogP contribution in [0.3, 0.4) is 0 Å². The number of ketones is 1. The Morgan fingerprint density at radius 3 is 2.52 bits per heavy atom. The van der Waals surface area contributed by atoms with Crippen molar-refractivity contribution in [3.63, 3.8) is 0 Å². The van der Waals surface area contributed by atoms with Crippen molar-refractivity contribution in [1.29, 1.82) is 0 Å². The third-order valence-electron chi connectivity index (χ3n) is 3.77. The quantitative estimate of drug-likeness (QED) is 0.873. The summed E-state index contributed by atoms with van der Waals surface area (Å²) in [5.41, 5.74) is 0.143. The summed E-state index contributed by atoms with van der Waals surface area (Å²) in [5.74, 6) is -0.851. The Hall–Kier alpha value is -2.46. The van der Waals surface area contributed by atoms with Gasteiger partial charge in [-0.05, 0) is 19.1 Å². The first-order valence-corrected chi connectivity index (χ1v) is 6.70. The summed E-state index contributed by atoms with van der Waals surface area (Å²) < 4.78 is 0. The van der Waals surface area contributed by atoms with Gasteiger partial charge < -0.3 is 5.11 Å². The molecule has 2 aromatic rings. The Bertz CT molecular complexity index is 753. The molecular formula is C17H15NO3. The molecule has 0 saturated heterocycles. The molecule has 3 rings (SSSR count). The fourth-order valence-electron chi connectivity index (χ4n) is 2.84. The molecule has 0 aromatic heterocycles. The highest BCUT2D eigenvalue weighted by Crippen LogP contribution is 2.43. The second kappa shape index (κ2) is 4.53. The van der Waals surface area contributed by atoms with Gasteiger partial charge in [-0.2, -0.15) is 0 Å². The molecule has 106 valence electrons. The molecule has 0 aliphatic carbocycles. The standard InChI is InChI=1S/C17H15NO3/c1-11-6-5-7-13(10-11)17(21)16(20)14-8-3-4-9-15(14)18(17)12(2)19/h3-10,21H,1-2H3. The fourth-order valence-corrected chi connectivity index (χ4v) is 2.84. The predicted octanol–water partition coefficient (Wildman–Crippen LogP) is 2.39. The van der Waals surface area contributed by atoms with Crippen molar-refractivity contribution in [2.75, 3.05) is 4.90 Å². The van der Waals surface area contributed by atoms with Crippen LogP contribution in [0.25, 0.3) is 0 Å². The van der Waals surface area contributed by atoms with E-state index in [0.29, 0.717) is 16.8 Å². The topological polar surface area (TPSA) is 57.6 Å². The molecule has 0 fully saturated rings. The minimum absolute atomic E-state index is 0.358. The van der Waals surface area contributed by atoms with Crippen LogP contribution in [-0.2, 0) is 10.5 Å². The predicted molar refractivity (Wildman–Crippen MR) is 79.0 cm³/mol. The number of nitrogens with zero attached hydrogens (tertiary/aromatic N) is 1. The largest absolute Gasteiger partial charge is 0.360 e. The van der Waals surface area contributed by atoms with Crippen molar-refractivity contribution in [3.8, 4) is 0 Å². The average molecular weight is 281 g/mol. The normalized spacial score (nSPS) is 20.5. The van der Waals surface area contributed by atoms with Gasteiger partial charge in [0.15, 0.2) is 0 Å². The molecule has 2 aromatic carbocycles. The highest BCUT2D eigenvalue weighted by molar-refractivity contribution is 6.19. The molecule has 1 heterocycles. The van der Waals surface area contributed by atoms with Crippen LogP contribution in [0.4, 0.5) is 5.69 Å². The maximum absolute atomic E-state index is 12.7. The molecule has 1 aliphatic rings. The second-order valence-electron chi connectivity index (χ2n) is 5.24. The second-order valence-corrected chi connectivity index (χ2v) is 5.24. The lowest BCUT2D eigenvalue weighted by Crippen LogP contribution is -2.50. The number of hydrogen-bond acceptors (Lipinski definition) is 3. The number of aryl methyl sites for hydroxylation is 1. The Morgan fingerprint density at radius 1 is 1.14 bits per heavy atom. The van der Waals surface area contributed by atoms with Crippen molar-refractivity contribution in [2.24, 2.45) is 0 Å². The van der Waals surface area contributed by atoms with Gasteiger partial charge in [0.05, 0.1) is 5.69 Å². The number of amides is 1. The van der Waals surface area contributed by atoms with Crippen molar-refractivity contribution in [2.45, 2.75) is 19.6 Å². The number of Topliss-reactive ketones (excluding diaryl/α,β-unsaturated/α-hetero) is 1. The maximum atomic E-state index is 12.7. The first-order valence-electron chi connectivity index (χ1n) is 6.70. The number of aliphatic hydroxyl groups is 1. The fraction of sp³-hybridized carbons (Fsp3) is 0.176. The highest BCUT2D eigenvalue weighted by atomic mass is 16.3. The monoisotopic (exact) mass is 281 g/mol. The number of benzene rings is 2. The van der Waals surface area contributed by atoms with Gasteiger partial charge in [-0.3, -0.25) is 14.5 Å². The summed E-state index contributed by atoms with van der Waals surface area (Å²) in [5, 5.41) is 11.1. The number of rotatable bonds is 1. The van der Waals surface area contributed by atoms with Gasteiger partial charge >= 0.3 is 0 Å². The smallest absolute Gasteiger partial charge is 0.236 e. The number of carbonyl (C=O) groups excluding carboxylic acids is 2. The van der Waals surface area contributed by atoms with Gasteiger partial charge in [-0.1, -0.05) is 42.0 Å². The Balaban J connectivity index is 2.27. The summed E-state index contributed by atoms with van der Waals surface area (Å²) in [4.78, 5) is 25.9. The van der Waals surface area contributed by atoms with Gasteiger partial charge in [0.25, 0.3) is 0 Å². The first kappa shape index (κ1) is 13.5. The number of para-hydroxylation sites is 1. The van der Waals surface area contributed by atoms with E-state index in [1.54, 1.807) is 42.5 Å². The van der Waals surface area contributed by atoms with E-state index in [-0.39, 0.29) is 5.91 Å². The van der Waals surface area contributed by atoms with E-state index < -0.39 is 11.5 Å². The van der Waals surface area contributed by atoms with Gasteiger partial charge in [0, 0.05) is 18.1 Å². The van der Waals surface area contributed by atoms with Gasteiger partial charge in [-0.25, -0.2) is 0 Å². The number of anilines is 1. The zero-order valence-corrected chi connectivity index (χ0v) is 11.8. The lowest BCUT2D eigenvalue weighted by atomic mass is 9.95. The van der Waals surface area contributed by atoms with Crippen molar-refractivity contribution >= 4 is 17.4 Å². The Labute approximate surface area is 122 Å². The lowest BCUT2D eigenvalue weighted by Gasteiger charge is -2.32. The zero-order chi connectivity index (χ0) is 15.2. The van der Waals surface area contributed by atoms with Crippen LogP contribution in [0.1, 0.15) is 28.4 Å². The summed E-state index contributed by atoms with van der Waals surface area (Å²) in [7, 11) is 0. The maximum Gasteiger partial charge on any atom is 0.236 e. The molecule has 0 saturated carbocycles. The minimum atomic E-state index is -1.97. The molecule has 4 heteroatoms. The van der Waals surface area contributed by atoms with E-state index in [1.165, 1.54) is 11.8 Å². The summed E-state index contributed by atoms with van der Waals surface area (Å²) in [6, 6.07) is 13.8.